The minimum Gasteiger partial charge on any atom is -0.294 e. The van der Waals surface area contributed by atoms with Gasteiger partial charge >= 0.3 is 0 Å². The van der Waals surface area contributed by atoms with Crippen LogP contribution in [0.15, 0.2) is 146 Å². The summed E-state index contributed by atoms with van der Waals surface area (Å²) in [6.45, 7) is -0.942. The van der Waals surface area contributed by atoms with Crippen LogP contribution in [0, 0.1) is 0 Å². The van der Waals surface area contributed by atoms with Gasteiger partial charge in [-0.1, -0.05) is 133 Å². The standard InChI is InChI=1S/C36H28NOPS/c1-27(38)35(32(26-28-16-6-2-7-17-28)36-37-33-24-14-15-25-34(33)40-36)39(29-18-8-3-9-19-29,30-20-10-4-11-21-30)31-22-12-5-13-23-31/h2-26H,1H3. The van der Waals surface area contributed by atoms with Crippen molar-refractivity contribution in [2.75, 3.05) is 0 Å². The van der Waals surface area contributed by atoms with Crippen molar-refractivity contribution in [3.63, 3.8) is 0 Å². The molecule has 0 fully saturated rings. The second kappa shape index (κ2) is 11.4. The molecule has 1 aromatic heterocycles. The Bertz CT molecular complexity index is 1720. The zero-order valence-electron chi connectivity index (χ0n) is 22.1. The maximum atomic E-state index is 14.3. The number of fused-ring (bicyclic) bond motifs is 1. The predicted octanol–water partition coefficient (Wildman–Crippen LogP) is 7.59. The molecule has 0 aliphatic rings. The van der Waals surface area contributed by atoms with Crippen molar-refractivity contribution >= 4 is 67.1 Å². The third-order valence-corrected chi connectivity index (χ3v) is 12.5. The van der Waals surface area contributed by atoms with Crippen LogP contribution in [0.2, 0.25) is 0 Å². The Hall–Kier alpha value is -4.30. The minimum atomic E-state index is -2.66. The molecule has 0 saturated carbocycles. The van der Waals surface area contributed by atoms with Crippen molar-refractivity contribution in [2.45, 2.75) is 6.92 Å². The van der Waals surface area contributed by atoms with Crippen LogP contribution < -0.4 is 15.9 Å². The first-order valence-corrected chi connectivity index (χ1v) is 15.9. The van der Waals surface area contributed by atoms with Gasteiger partial charge in [0.05, 0.1) is 10.2 Å². The molecular formula is C36H28NOPS. The largest absolute Gasteiger partial charge is 0.294 e. The monoisotopic (exact) mass is 553 g/mol. The van der Waals surface area contributed by atoms with Crippen LogP contribution in [0.5, 0.6) is 0 Å². The van der Waals surface area contributed by atoms with Gasteiger partial charge in [0.15, 0.2) is 5.78 Å². The number of ketones is 1. The molecule has 0 radical (unpaired) electrons. The zero-order chi connectivity index (χ0) is 27.4. The van der Waals surface area contributed by atoms with Crippen LogP contribution in [-0.2, 0) is 4.79 Å². The number of carbonyl (C=O) groups excluding carboxylic acids is 1. The third-order valence-electron chi connectivity index (χ3n) is 6.99. The Kier molecular flexibility index (Phi) is 7.42. The number of benzene rings is 5. The molecular weight excluding hydrogens is 525 g/mol. The quantitative estimate of drug-likeness (QED) is 0.191. The molecule has 6 rings (SSSR count). The lowest BCUT2D eigenvalue weighted by molar-refractivity contribution is -0.110. The molecule has 6 aromatic rings. The first kappa shape index (κ1) is 26.0. The van der Waals surface area contributed by atoms with E-state index in [0.29, 0.717) is 0 Å². The summed E-state index contributed by atoms with van der Waals surface area (Å²) >= 11 is 1.64. The zero-order valence-corrected chi connectivity index (χ0v) is 23.9. The number of rotatable bonds is 7. The van der Waals surface area contributed by atoms with Crippen LogP contribution in [0.4, 0.5) is 0 Å². The molecule has 0 spiro atoms. The van der Waals surface area contributed by atoms with Crippen LogP contribution in [0.1, 0.15) is 17.5 Å². The SMILES string of the molecule is CC(=O)C(C(=Cc1ccccc1)c1nc2ccccc2s1)=P(c1ccccc1)(c1ccccc1)c1ccccc1. The van der Waals surface area contributed by atoms with Gasteiger partial charge in [-0.3, -0.25) is 4.79 Å². The van der Waals surface area contributed by atoms with Gasteiger partial charge < -0.3 is 0 Å². The molecule has 0 unspecified atom stereocenters. The summed E-state index contributed by atoms with van der Waals surface area (Å²) in [5, 5.41) is 5.06. The first-order chi connectivity index (χ1) is 19.7. The summed E-state index contributed by atoms with van der Waals surface area (Å²) in [4.78, 5) is 19.4. The number of carbonyl (C=O) groups is 1. The van der Waals surface area contributed by atoms with Gasteiger partial charge in [-0.05, 0) is 53.5 Å². The number of thiazole rings is 1. The number of hydrogen-bond acceptors (Lipinski definition) is 3. The number of allylic oxidation sites excluding steroid dienone is 1. The normalized spacial score (nSPS) is 11.9. The maximum Gasteiger partial charge on any atom is 0.161 e. The number of hydrogen-bond donors (Lipinski definition) is 0. The molecule has 1 heterocycles. The summed E-state index contributed by atoms with van der Waals surface area (Å²) in [6, 6.07) is 50.0. The van der Waals surface area contributed by atoms with E-state index in [-0.39, 0.29) is 5.78 Å². The van der Waals surface area contributed by atoms with Gasteiger partial charge in [0.1, 0.15) is 5.01 Å². The average Bonchev–Trinajstić information content (AvgIpc) is 3.45. The number of para-hydroxylation sites is 1. The van der Waals surface area contributed by atoms with E-state index in [1.807, 2.05) is 54.6 Å². The van der Waals surface area contributed by atoms with E-state index in [4.69, 9.17) is 4.98 Å². The summed E-state index contributed by atoms with van der Waals surface area (Å²) < 4.78 is 1.10. The smallest absolute Gasteiger partial charge is 0.161 e. The highest BCUT2D eigenvalue weighted by atomic mass is 32.1. The van der Waals surface area contributed by atoms with Crippen molar-refractivity contribution in [3.05, 3.63) is 156 Å². The molecule has 0 bridgehead atoms. The summed E-state index contributed by atoms with van der Waals surface area (Å²) in [7, 11) is 0. The van der Waals surface area contributed by atoms with Crippen molar-refractivity contribution < 1.29 is 4.79 Å². The molecule has 4 heteroatoms. The first-order valence-electron chi connectivity index (χ1n) is 13.3. The van der Waals surface area contributed by atoms with Gasteiger partial charge in [0, 0.05) is 10.9 Å². The predicted molar refractivity (Wildman–Crippen MR) is 175 cm³/mol. The molecule has 0 amide bonds. The van der Waals surface area contributed by atoms with Gasteiger partial charge in [-0.15, -0.1) is 11.3 Å². The molecule has 0 N–H and O–H groups in total. The Labute approximate surface area is 239 Å². The van der Waals surface area contributed by atoms with Gasteiger partial charge in [-0.25, -0.2) is 4.98 Å². The average molecular weight is 554 g/mol. The molecule has 2 nitrogen and oxygen atoms in total. The summed E-state index contributed by atoms with van der Waals surface area (Å²) in [5.41, 5.74) is 2.85. The second-order valence-electron chi connectivity index (χ2n) is 9.54. The topological polar surface area (TPSA) is 30.0 Å². The number of Topliss-reactive ketones (excluding diaryl/α,β-unsaturated/α-hetero) is 1. The highest BCUT2D eigenvalue weighted by Crippen LogP contribution is 2.50. The molecule has 0 aliphatic carbocycles. The van der Waals surface area contributed by atoms with Crippen LogP contribution in [0.3, 0.4) is 0 Å². The Morgan fingerprint density at radius 3 is 1.55 bits per heavy atom. The van der Waals surface area contributed by atoms with Crippen LogP contribution >= 0.6 is 18.2 Å². The van der Waals surface area contributed by atoms with E-state index in [2.05, 4.69) is 97.1 Å². The fraction of sp³-hybridized carbons (Fsp3) is 0.0278. The van der Waals surface area contributed by atoms with Gasteiger partial charge in [0.2, 0.25) is 0 Å². The van der Waals surface area contributed by atoms with Crippen LogP contribution in [-0.4, -0.2) is 16.1 Å². The fourth-order valence-electron chi connectivity index (χ4n) is 5.33. The molecule has 5 aromatic carbocycles. The maximum absolute atomic E-state index is 14.3. The lowest BCUT2D eigenvalue weighted by atomic mass is 10.1. The summed E-state index contributed by atoms with van der Waals surface area (Å²) in [6.07, 6.45) is 2.15. The molecule has 0 aliphatic heterocycles. The van der Waals surface area contributed by atoms with E-state index in [9.17, 15) is 4.79 Å². The van der Waals surface area contributed by atoms with E-state index < -0.39 is 6.89 Å². The Morgan fingerprint density at radius 1 is 0.625 bits per heavy atom. The van der Waals surface area contributed by atoms with Crippen molar-refractivity contribution in [3.8, 4) is 0 Å². The van der Waals surface area contributed by atoms with E-state index in [1.54, 1.807) is 18.3 Å². The Morgan fingerprint density at radius 2 is 1.07 bits per heavy atom. The molecule has 0 saturated heterocycles. The van der Waals surface area contributed by atoms with Crippen molar-refractivity contribution in [1.29, 1.82) is 0 Å². The molecule has 0 atom stereocenters. The lowest BCUT2D eigenvalue weighted by Crippen LogP contribution is -2.33. The Balaban J connectivity index is 1.86. The number of aromatic nitrogens is 1. The lowest BCUT2D eigenvalue weighted by Gasteiger charge is -2.33. The van der Waals surface area contributed by atoms with Gasteiger partial charge in [-0.2, -0.15) is 0 Å². The molecule has 194 valence electrons. The van der Waals surface area contributed by atoms with E-state index in [1.165, 1.54) is 0 Å². The molecule has 40 heavy (non-hydrogen) atoms. The third kappa shape index (κ3) is 4.79. The summed E-state index contributed by atoms with van der Waals surface area (Å²) in [5.74, 6) is 0.0475. The minimum absolute atomic E-state index is 0.0475. The van der Waals surface area contributed by atoms with Crippen molar-refractivity contribution in [2.24, 2.45) is 0 Å². The second-order valence-corrected chi connectivity index (χ2v) is 13.9. The van der Waals surface area contributed by atoms with E-state index >= 15 is 0 Å². The van der Waals surface area contributed by atoms with E-state index in [0.717, 1.165) is 47.6 Å². The van der Waals surface area contributed by atoms with Crippen LogP contribution in [0.25, 0.3) is 21.9 Å². The highest BCUT2D eigenvalue weighted by Gasteiger charge is 2.34. The number of nitrogens with zero attached hydrogens (tertiary/aromatic N) is 1. The van der Waals surface area contributed by atoms with Crippen molar-refractivity contribution in [1.82, 2.24) is 4.98 Å². The fourth-order valence-corrected chi connectivity index (χ4v) is 10.9. The highest BCUT2D eigenvalue weighted by molar-refractivity contribution is 7.97. The van der Waals surface area contributed by atoms with Gasteiger partial charge in [0.25, 0.3) is 0 Å².